The molecule has 0 fully saturated rings. The van der Waals surface area contributed by atoms with Crippen molar-refractivity contribution in [1.29, 1.82) is 0 Å². The Hall–Kier alpha value is -1.79. The molecule has 0 saturated carbocycles. The first kappa shape index (κ1) is 17.6. The van der Waals surface area contributed by atoms with Crippen LogP contribution in [-0.2, 0) is 0 Å². The van der Waals surface area contributed by atoms with Gasteiger partial charge in [0.2, 0.25) is 0 Å². The van der Waals surface area contributed by atoms with Crippen LogP contribution >= 0.6 is 11.8 Å². The van der Waals surface area contributed by atoms with Gasteiger partial charge < -0.3 is 10.4 Å². The van der Waals surface area contributed by atoms with Crippen molar-refractivity contribution in [2.24, 2.45) is 0 Å². The number of rotatable bonds is 6. The lowest BCUT2D eigenvalue weighted by atomic mass is 10.1. The van der Waals surface area contributed by atoms with Gasteiger partial charge in [-0.2, -0.15) is 16.9 Å². The Morgan fingerprint density at radius 3 is 2.70 bits per heavy atom. The highest BCUT2D eigenvalue weighted by atomic mass is 32.2. The molecule has 1 aromatic heterocycles. The average molecular weight is 333 g/mol. The lowest BCUT2D eigenvalue weighted by molar-refractivity contribution is 0.0935. The molecule has 0 aliphatic carbocycles. The summed E-state index contributed by atoms with van der Waals surface area (Å²) in [5.41, 5.74) is 3.42. The minimum atomic E-state index is -0.165. The number of aliphatic hydroxyl groups is 1. The van der Waals surface area contributed by atoms with E-state index in [0.29, 0.717) is 5.56 Å². The molecule has 5 nitrogen and oxygen atoms in total. The van der Waals surface area contributed by atoms with E-state index in [2.05, 4.69) is 10.4 Å². The van der Waals surface area contributed by atoms with Crippen LogP contribution in [0, 0.1) is 13.8 Å². The van der Waals surface area contributed by atoms with Crippen molar-refractivity contribution in [3.63, 3.8) is 0 Å². The Balaban J connectivity index is 2.22. The second kappa shape index (κ2) is 7.66. The number of amides is 1. The zero-order chi connectivity index (χ0) is 17.0. The fourth-order valence-corrected chi connectivity index (χ4v) is 3.12. The fourth-order valence-electron chi connectivity index (χ4n) is 2.49. The molecular formula is C17H23N3O2S. The highest BCUT2D eigenvalue weighted by molar-refractivity contribution is 7.99. The lowest BCUT2D eigenvalue weighted by Crippen LogP contribution is -2.41. The molecule has 0 aliphatic rings. The van der Waals surface area contributed by atoms with E-state index in [-0.39, 0.29) is 23.8 Å². The zero-order valence-corrected chi connectivity index (χ0v) is 14.7. The Bertz CT molecular complexity index is 680. The number of hydrogen-bond donors (Lipinski definition) is 2. The van der Waals surface area contributed by atoms with Crippen molar-refractivity contribution < 1.29 is 9.90 Å². The molecule has 124 valence electrons. The molecule has 6 heteroatoms. The van der Waals surface area contributed by atoms with Crippen molar-refractivity contribution in [3.05, 3.63) is 47.3 Å². The zero-order valence-electron chi connectivity index (χ0n) is 13.9. The van der Waals surface area contributed by atoms with Crippen LogP contribution in [0.25, 0.3) is 5.69 Å². The molecule has 0 saturated heterocycles. The number of aryl methyl sites for hydroxylation is 1. The summed E-state index contributed by atoms with van der Waals surface area (Å²) in [5, 5.41) is 16.6. The summed E-state index contributed by atoms with van der Waals surface area (Å²) in [7, 11) is 0. The quantitative estimate of drug-likeness (QED) is 0.851. The van der Waals surface area contributed by atoms with Gasteiger partial charge in [0, 0.05) is 11.3 Å². The van der Waals surface area contributed by atoms with Crippen LogP contribution in [0.2, 0.25) is 0 Å². The van der Waals surface area contributed by atoms with Gasteiger partial charge in [-0.15, -0.1) is 0 Å². The summed E-state index contributed by atoms with van der Waals surface area (Å²) in [6.07, 6.45) is 3.52. The maximum atomic E-state index is 12.5. The first-order chi connectivity index (χ1) is 11.0. The van der Waals surface area contributed by atoms with E-state index in [0.717, 1.165) is 16.9 Å². The highest BCUT2D eigenvalue weighted by Gasteiger charge is 2.21. The third-order valence-corrected chi connectivity index (χ3v) is 5.16. The Kier molecular flexibility index (Phi) is 5.85. The van der Waals surface area contributed by atoms with Crippen LogP contribution in [0.5, 0.6) is 0 Å². The predicted molar refractivity (Wildman–Crippen MR) is 94.4 cm³/mol. The molecule has 1 aromatic carbocycles. The van der Waals surface area contributed by atoms with Gasteiger partial charge in [0.05, 0.1) is 29.7 Å². The third-order valence-electron chi connectivity index (χ3n) is 4.00. The molecule has 2 rings (SSSR count). The molecule has 0 spiro atoms. The molecule has 2 aromatic rings. The number of aromatic nitrogens is 2. The topological polar surface area (TPSA) is 67.2 Å². The summed E-state index contributed by atoms with van der Waals surface area (Å²) < 4.78 is 1.78. The van der Waals surface area contributed by atoms with Crippen molar-refractivity contribution in [2.45, 2.75) is 32.1 Å². The van der Waals surface area contributed by atoms with E-state index in [1.54, 1.807) is 10.9 Å². The number of aliphatic hydroxyl groups excluding tert-OH is 1. The Morgan fingerprint density at radius 2 is 2.09 bits per heavy atom. The van der Waals surface area contributed by atoms with Crippen LogP contribution in [0.3, 0.4) is 0 Å². The molecule has 1 heterocycles. The number of benzene rings is 1. The summed E-state index contributed by atoms with van der Waals surface area (Å²) in [5.74, 6) is -0.165. The maximum absolute atomic E-state index is 12.5. The summed E-state index contributed by atoms with van der Waals surface area (Å²) in [4.78, 5) is 12.5. The second-order valence-corrected chi connectivity index (χ2v) is 6.64. The molecule has 2 N–H and O–H groups in total. The Morgan fingerprint density at radius 1 is 1.39 bits per heavy atom. The normalized spacial score (nSPS) is 13.6. The minimum Gasteiger partial charge on any atom is -0.395 e. The molecule has 1 amide bonds. The van der Waals surface area contributed by atoms with Gasteiger partial charge in [0.1, 0.15) is 0 Å². The minimum absolute atomic E-state index is 0.0225. The number of carbonyl (C=O) groups is 1. The molecule has 23 heavy (non-hydrogen) atoms. The standard InChI is InChI=1S/C17H23N3O2S/c1-11-7-5-6-8-15(11)20-13(3)14(9-18-20)17(22)19-12(2)16(10-21)23-4/h5-9,12,16,21H,10H2,1-4H3,(H,19,22). The number of para-hydroxylation sites is 1. The van der Waals surface area contributed by atoms with Gasteiger partial charge in [-0.25, -0.2) is 4.68 Å². The van der Waals surface area contributed by atoms with Crippen molar-refractivity contribution >= 4 is 17.7 Å². The molecule has 0 bridgehead atoms. The van der Waals surface area contributed by atoms with Crippen LogP contribution in [0.15, 0.2) is 30.5 Å². The smallest absolute Gasteiger partial charge is 0.255 e. The number of thioether (sulfide) groups is 1. The van der Waals surface area contributed by atoms with E-state index in [1.165, 1.54) is 11.8 Å². The SMILES string of the molecule is CSC(CO)C(C)NC(=O)c1cnn(-c2ccccc2C)c1C. The van der Waals surface area contributed by atoms with E-state index < -0.39 is 0 Å². The average Bonchev–Trinajstić information content (AvgIpc) is 2.90. The second-order valence-electron chi connectivity index (χ2n) is 5.56. The van der Waals surface area contributed by atoms with Crippen LogP contribution in [0.4, 0.5) is 0 Å². The lowest BCUT2D eigenvalue weighted by Gasteiger charge is -2.21. The van der Waals surface area contributed by atoms with E-state index in [4.69, 9.17) is 0 Å². The first-order valence-corrected chi connectivity index (χ1v) is 8.83. The van der Waals surface area contributed by atoms with E-state index in [1.807, 2.05) is 51.3 Å². The van der Waals surface area contributed by atoms with E-state index >= 15 is 0 Å². The Labute approximate surface area is 141 Å². The fraction of sp³-hybridized carbons (Fsp3) is 0.412. The van der Waals surface area contributed by atoms with Gasteiger partial charge in [0.25, 0.3) is 5.91 Å². The molecule has 0 radical (unpaired) electrons. The van der Waals surface area contributed by atoms with Crippen molar-refractivity contribution in [3.8, 4) is 5.69 Å². The van der Waals surface area contributed by atoms with Gasteiger partial charge in [-0.05, 0) is 38.7 Å². The predicted octanol–water partition coefficient (Wildman–Crippen LogP) is 2.33. The summed E-state index contributed by atoms with van der Waals surface area (Å²) in [6.45, 7) is 5.83. The van der Waals surface area contributed by atoms with Crippen molar-refractivity contribution in [1.82, 2.24) is 15.1 Å². The highest BCUT2D eigenvalue weighted by Crippen LogP contribution is 2.18. The summed E-state index contributed by atoms with van der Waals surface area (Å²) in [6, 6.07) is 7.81. The van der Waals surface area contributed by atoms with Crippen molar-refractivity contribution in [2.75, 3.05) is 12.9 Å². The molecule has 2 atom stereocenters. The summed E-state index contributed by atoms with van der Waals surface area (Å²) >= 11 is 1.54. The number of hydrogen-bond acceptors (Lipinski definition) is 4. The third kappa shape index (κ3) is 3.76. The number of carbonyl (C=O) groups excluding carboxylic acids is 1. The monoisotopic (exact) mass is 333 g/mol. The van der Waals surface area contributed by atoms with Gasteiger partial charge in [0.15, 0.2) is 0 Å². The van der Waals surface area contributed by atoms with Gasteiger partial charge in [-0.3, -0.25) is 4.79 Å². The maximum Gasteiger partial charge on any atom is 0.255 e. The van der Waals surface area contributed by atoms with Gasteiger partial charge in [-0.1, -0.05) is 18.2 Å². The molecule has 2 unspecified atom stereocenters. The first-order valence-electron chi connectivity index (χ1n) is 7.54. The number of nitrogens with zero attached hydrogens (tertiary/aromatic N) is 2. The largest absolute Gasteiger partial charge is 0.395 e. The molecule has 0 aliphatic heterocycles. The van der Waals surface area contributed by atoms with Gasteiger partial charge >= 0.3 is 0 Å². The van der Waals surface area contributed by atoms with Crippen LogP contribution < -0.4 is 5.32 Å². The molecular weight excluding hydrogens is 310 g/mol. The van der Waals surface area contributed by atoms with E-state index in [9.17, 15) is 9.90 Å². The van der Waals surface area contributed by atoms with Crippen LogP contribution in [-0.4, -0.2) is 44.9 Å². The number of nitrogens with one attached hydrogen (secondary N) is 1. The van der Waals surface area contributed by atoms with Crippen LogP contribution in [0.1, 0.15) is 28.5 Å².